The molecular weight excluding hydrogens is 457 g/mol. The number of ether oxygens (including phenoxy) is 1. The average Bonchev–Trinajstić information content (AvgIpc) is 2.78. The van der Waals surface area contributed by atoms with Crippen molar-refractivity contribution in [2.45, 2.75) is 30.5 Å². The van der Waals surface area contributed by atoms with Crippen molar-refractivity contribution >= 4 is 15.9 Å². The third-order valence-electron chi connectivity index (χ3n) is 4.64. The summed E-state index contributed by atoms with van der Waals surface area (Å²) >= 11 is 0. The normalized spacial score (nSPS) is 12.4. The molecule has 3 aromatic carbocycles. The van der Waals surface area contributed by atoms with E-state index in [4.69, 9.17) is 0 Å². The quantitative estimate of drug-likeness (QED) is 0.466. The first-order valence-corrected chi connectivity index (χ1v) is 11.3. The fourth-order valence-corrected chi connectivity index (χ4v) is 4.33. The third kappa shape index (κ3) is 7.06. The van der Waals surface area contributed by atoms with Gasteiger partial charge in [0.05, 0.1) is 0 Å². The Labute approximate surface area is 189 Å². The van der Waals surface area contributed by atoms with Gasteiger partial charge in [0.25, 0.3) is 0 Å². The van der Waals surface area contributed by atoms with Gasteiger partial charge < -0.3 is 10.1 Å². The number of nitrogens with one attached hydrogen (secondary N) is 2. The minimum Gasteiger partial charge on any atom is -0.435 e. The fraction of sp³-hybridized carbons (Fsp3) is 0.174. The molecule has 3 rings (SSSR count). The van der Waals surface area contributed by atoms with Crippen molar-refractivity contribution in [3.8, 4) is 5.75 Å². The molecule has 33 heavy (non-hydrogen) atoms. The van der Waals surface area contributed by atoms with E-state index < -0.39 is 39.3 Å². The topological polar surface area (TPSA) is 84.5 Å². The maximum atomic E-state index is 14.1. The first-order chi connectivity index (χ1) is 15.7. The molecule has 0 fully saturated rings. The number of carbonyl (C=O) groups is 1. The Hall–Kier alpha value is -3.37. The molecule has 0 saturated heterocycles. The number of carbonyl (C=O) groups excluding carboxylic acids is 1. The summed E-state index contributed by atoms with van der Waals surface area (Å²) in [7, 11) is -4.33. The molecule has 0 aliphatic heterocycles. The Morgan fingerprint density at radius 1 is 0.879 bits per heavy atom. The van der Waals surface area contributed by atoms with Crippen LogP contribution >= 0.6 is 0 Å². The number of hydrogen-bond donors (Lipinski definition) is 2. The molecule has 0 saturated carbocycles. The number of amides is 1. The van der Waals surface area contributed by atoms with Crippen molar-refractivity contribution in [1.82, 2.24) is 10.0 Å². The van der Waals surface area contributed by atoms with Crippen LogP contribution in [0.15, 0.2) is 83.8 Å². The van der Waals surface area contributed by atoms with Crippen LogP contribution in [0, 0.1) is 5.82 Å². The van der Waals surface area contributed by atoms with Gasteiger partial charge in [0.15, 0.2) is 0 Å². The van der Waals surface area contributed by atoms with Crippen LogP contribution in [0.25, 0.3) is 0 Å². The second-order valence-electron chi connectivity index (χ2n) is 7.03. The van der Waals surface area contributed by atoms with Gasteiger partial charge in [0.1, 0.15) is 22.5 Å². The van der Waals surface area contributed by atoms with Crippen LogP contribution in [0.4, 0.5) is 13.2 Å². The molecule has 0 aliphatic rings. The summed E-state index contributed by atoms with van der Waals surface area (Å²) in [5.74, 6) is -1.60. The van der Waals surface area contributed by atoms with E-state index in [1.165, 1.54) is 36.4 Å². The van der Waals surface area contributed by atoms with E-state index in [9.17, 15) is 26.4 Å². The highest BCUT2D eigenvalue weighted by Gasteiger charge is 2.27. The van der Waals surface area contributed by atoms with E-state index in [0.717, 1.165) is 12.1 Å². The Bertz CT molecular complexity index is 1170. The van der Waals surface area contributed by atoms with Crippen molar-refractivity contribution in [3.05, 3.63) is 95.8 Å². The number of sulfonamides is 1. The van der Waals surface area contributed by atoms with E-state index in [1.807, 2.05) is 0 Å². The predicted molar refractivity (Wildman–Crippen MR) is 116 cm³/mol. The zero-order valence-electron chi connectivity index (χ0n) is 17.2. The van der Waals surface area contributed by atoms with Gasteiger partial charge >= 0.3 is 6.61 Å². The van der Waals surface area contributed by atoms with Crippen LogP contribution < -0.4 is 14.8 Å². The molecule has 3 aromatic rings. The van der Waals surface area contributed by atoms with Crippen molar-refractivity contribution in [2.24, 2.45) is 0 Å². The summed E-state index contributed by atoms with van der Waals surface area (Å²) in [5, 5.41) is 2.62. The van der Waals surface area contributed by atoms with Crippen LogP contribution in [-0.4, -0.2) is 27.0 Å². The van der Waals surface area contributed by atoms with Crippen molar-refractivity contribution in [3.63, 3.8) is 0 Å². The lowest BCUT2D eigenvalue weighted by atomic mass is 10.1. The predicted octanol–water partition coefficient (Wildman–Crippen LogP) is 3.63. The Morgan fingerprint density at radius 3 is 2.15 bits per heavy atom. The number of rotatable bonds is 10. The van der Waals surface area contributed by atoms with Gasteiger partial charge in [0, 0.05) is 6.54 Å². The molecule has 0 aromatic heterocycles. The molecule has 1 unspecified atom stereocenters. The maximum Gasteiger partial charge on any atom is 0.387 e. The molecule has 10 heteroatoms. The van der Waals surface area contributed by atoms with Crippen molar-refractivity contribution < 1.29 is 31.1 Å². The van der Waals surface area contributed by atoms with Crippen LogP contribution in [0.3, 0.4) is 0 Å². The second-order valence-corrected chi connectivity index (χ2v) is 8.72. The van der Waals surface area contributed by atoms with Crippen molar-refractivity contribution in [1.29, 1.82) is 0 Å². The summed E-state index contributed by atoms with van der Waals surface area (Å²) in [6.07, 6.45) is 0.0293. The van der Waals surface area contributed by atoms with E-state index in [1.54, 1.807) is 30.3 Å². The molecule has 1 atom stereocenters. The van der Waals surface area contributed by atoms with Gasteiger partial charge in [-0.2, -0.15) is 13.5 Å². The molecular formula is C23H21F3N2O4S. The number of halogens is 3. The van der Waals surface area contributed by atoms with Crippen LogP contribution in [0.1, 0.15) is 11.1 Å². The van der Waals surface area contributed by atoms with E-state index in [0.29, 0.717) is 11.1 Å². The molecule has 2 N–H and O–H groups in total. The summed E-state index contributed by atoms with van der Waals surface area (Å²) in [5.41, 5.74) is 1.28. The summed E-state index contributed by atoms with van der Waals surface area (Å²) in [6, 6.07) is 18.0. The molecule has 0 bridgehead atoms. The number of hydrogen-bond acceptors (Lipinski definition) is 4. The van der Waals surface area contributed by atoms with E-state index >= 15 is 0 Å². The second kappa shape index (κ2) is 11.0. The largest absolute Gasteiger partial charge is 0.435 e. The monoisotopic (exact) mass is 478 g/mol. The fourth-order valence-electron chi connectivity index (χ4n) is 3.05. The maximum absolute atomic E-state index is 14.1. The third-order valence-corrected chi connectivity index (χ3v) is 6.14. The highest BCUT2D eigenvalue weighted by molar-refractivity contribution is 7.89. The van der Waals surface area contributed by atoms with Gasteiger partial charge in [-0.1, -0.05) is 54.6 Å². The van der Waals surface area contributed by atoms with Gasteiger partial charge in [-0.15, -0.1) is 0 Å². The first kappa shape index (κ1) is 24.3. The lowest BCUT2D eigenvalue weighted by Crippen LogP contribution is -2.47. The highest BCUT2D eigenvalue weighted by Crippen LogP contribution is 2.16. The average molecular weight is 478 g/mol. The zero-order chi connectivity index (χ0) is 23.8. The van der Waals surface area contributed by atoms with Crippen LogP contribution in [0.2, 0.25) is 0 Å². The number of alkyl halides is 2. The lowest BCUT2D eigenvalue weighted by molar-refractivity contribution is -0.122. The van der Waals surface area contributed by atoms with Gasteiger partial charge in [-0.25, -0.2) is 12.8 Å². The molecule has 6 nitrogen and oxygen atoms in total. The van der Waals surface area contributed by atoms with Gasteiger partial charge in [-0.05, 0) is 41.8 Å². The zero-order valence-corrected chi connectivity index (χ0v) is 18.1. The molecule has 0 aliphatic carbocycles. The van der Waals surface area contributed by atoms with E-state index in [2.05, 4.69) is 14.8 Å². The number of benzene rings is 3. The first-order valence-electron chi connectivity index (χ1n) is 9.87. The molecule has 174 valence electrons. The Morgan fingerprint density at radius 2 is 1.52 bits per heavy atom. The molecule has 1 amide bonds. The van der Waals surface area contributed by atoms with Crippen LogP contribution in [-0.2, 0) is 27.8 Å². The Balaban J connectivity index is 1.74. The standard InChI is InChI=1S/C23H21F3N2O4S/c24-19-8-4-5-9-21(19)33(30,31)28-20(14-16-6-2-1-3-7-16)22(29)27-15-17-10-12-18(13-11-17)32-23(25)26/h1-13,20,23,28H,14-15H2,(H,27,29). The van der Waals surface area contributed by atoms with Crippen molar-refractivity contribution in [2.75, 3.05) is 0 Å². The smallest absolute Gasteiger partial charge is 0.387 e. The highest BCUT2D eigenvalue weighted by atomic mass is 32.2. The lowest BCUT2D eigenvalue weighted by Gasteiger charge is -2.19. The summed E-state index contributed by atoms with van der Waals surface area (Å²) in [6.45, 7) is -2.93. The summed E-state index contributed by atoms with van der Waals surface area (Å²) in [4.78, 5) is 12.3. The minimum absolute atomic E-state index is 0.0144. The van der Waals surface area contributed by atoms with Gasteiger partial charge in [-0.3, -0.25) is 4.79 Å². The summed E-state index contributed by atoms with van der Waals surface area (Å²) < 4.78 is 70.7. The minimum atomic E-state index is -4.33. The van der Waals surface area contributed by atoms with Gasteiger partial charge in [0.2, 0.25) is 15.9 Å². The Kier molecular flexibility index (Phi) is 8.07. The van der Waals surface area contributed by atoms with Crippen LogP contribution in [0.5, 0.6) is 5.75 Å². The van der Waals surface area contributed by atoms with E-state index in [-0.39, 0.29) is 18.7 Å². The SMILES string of the molecule is O=C(NCc1ccc(OC(F)F)cc1)C(Cc1ccccc1)NS(=O)(=O)c1ccccc1F. The molecule has 0 spiro atoms. The molecule has 0 heterocycles. The molecule has 0 radical (unpaired) electrons.